The van der Waals surface area contributed by atoms with Crippen LogP contribution in [-0.2, 0) is 11.2 Å². The van der Waals surface area contributed by atoms with Gasteiger partial charge in [-0.05, 0) is 43.7 Å². The maximum absolute atomic E-state index is 11.8. The van der Waals surface area contributed by atoms with Crippen molar-refractivity contribution in [2.75, 3.05) is 6.54 Å². The number of nitrogens with one attached hydrogen (secondary N) is 1. The molecule has 3 nitrogen and oxygen atoms in total. The van der Waals surface area contributed by atoms with Crippen LogP contribution in [0.3, 0.4) is 0 Å². The van der Waals surface area contributed by atoms with Crippen LogP contribution < -0.4 is 11.1 Å². The average molecular weight is 262 g/mol. The molecular weight excluding hydrogens is 236 g/mol. The van der Waals surface area contributed by atoms with Gasteiger partial charge in [0, 0.05) is 6.54 Å². The molecule has 0 saturated heterocycles. The van der Waals surface area contributed by atoms with E-state index in [-0.39, 0.29) is 11.9 Å². The van der Waals surface area contributed by atoms with E-state index in [1.807, 2.05) is 0 Å². The van der Waals surface area contributed by atoms with Crippen LogP contribution in [0.5, 0.6) is 0 Å². The Morgan fingerprint density at radius 3 is 2.58 bits per heavy atom. The first-order chi connectivity index (χ1) is 8.90. The molecule has 0 aliphatic carbocycles. The Bertz CT molecular complexity index is 427. The van der Waals surface area contributed by atoms with Crippen LogP contribution in [0.15, 0.2) is 18.2 Å². The van der Waals surface area contributed by atoms with E-state index in [0.29, 0.717) is 12.5 Å². The van der Waals surface area contributed by atoms with E-state index in [4.69, 9.17) is 5.73 Å². The summed E-state index contributed by atoms with van der Waals surface area (Å²) in [5.41, 5.74) is 9.66. The number of carbonyl (C=O) groups is 1. The first-order valence-corrected chi connectivity index (χ1v) is 6.99. The van der Waals surface area contributed by atoms with Crippen molar-refractivity contribution in [3.05, 3.63) is 34.9 Å². The Kier molecular flexibility index (Phi) is 6.03. The molecule has 1 amide bonds. The smallest absolute Gasteiger partial charge is 0.236 e. The van der Waals surface area contributed by atoms with Crippen LogP contribution in [-0.4, -0.2) is 18.5 Å². The number of amides is 1. The van der Waals surface area contributed by atoms with E-state index in [1.54, 1.807) is 0 Å². The fraction of sp³-hybridized carbons (Fsp3) is 0.562. The van der Waals surface area contributed by atoms with E-state index < -0.39 is 0 Å². The highest BCUT2D eigenvalue weighted by Crippen LogP contribution is 2.10. The Morgan fingerprint density at radius 1 is 1.32 bits per heavy atom. The highest BCUT2D eigenvalue weighted by atomic mass is 16.2. The number of benzene rings is 1. The Morgan fingerprint density at radius 2 is 2.00 bits per heavy atom. The van der Waals surface area contributed by atoms with E-state index >= 15 is 0 Å². The van der Waals surface area contributed by atoms with E-state index in [2.05, 4.69) is 51.2 Å². The fourth-order valence-corrected chi connectivity index (χ4v) is 2.19. The maximum Gasteiger partial charge on any atom is 0.236 e. The second kappa shape index (κ2) is 7.29. The summed E-state index contributed by atoms with van der Waals surface area (Å²) < 4.78 is 0. The molecule has 1 atom stereocenters. The number of aryl methyl sites for hydroxylation is 2. The summed E-state index contributed by atoms with van der Waals surface area (Å²) in [4.78, 5) is 11.8. The number of rotatable bonds is 6. The molecule has 0 fully saturated rings. The maximum atomic E-state index is 11.8. The van der Waals surface area contributed by atoms with Gasteiger partial charge >= 0.3 is 0 Å². The lowest BCUT2D eigenvalue weighted by molar-refractivity contribution is -0.122. The molecule has 0 aliphatic rings. The quantitative estimate of drug-likeness (QED) is 0.826. The topological polar surface area (TPSA) is 55.1 Å². The zero-order valence-corrected chi connectivity index (χ0v) is 12.5. The lowest BCUT2D eigenvalue weighted by Crippen LogP contribution is -2.42. The second-order valence-corrected chi connectivity index (χ2v) is 5.71. The van der Waals surface area contributed by atoms with Crippen LogP contribution in [0, 0.1) is 19.8 Å². The van der Waals surface area contributed by atoms with Crippen molar-refractivity contribution in [3.8, 4) is 0 Å². The second-order valence-electron chi connectivity index (χ2n) is 5.71. The van der Waals surface area contributed by atoms with Crippen molar-refractivity contribution in [3.63, 3.8) is 0 Å². The summed E-state index contributed by atoms with van der Waals surface area (Å²) in [6.45, 7) is 8.98. The lowest BCUT2D eigenvalue weighted by Gasteiger charge is -2.14. The predicted octanol–water partition coefficient (Wildman–Crippen LogP) is 2.34. The molecule has 0 radical (unpaired) electrons. The highest BCUT2D eigenvalue weighted by Gasteiger charge is 2.14. The van der Waals surface area contributed by atoms with Crippen LogP contribution in [0.25, 0.3) is 0 Å². The molecule has 1 aromatic rings. The third-order valence-electron chi connectivity index (χ3n) is 3.25. The van der Waals surface area contributed by atoms with Crippen LogP contribution >= 0.6 is 0 Å². The SMILES string of the molecule is Cc1ccc(CCNC(=O)C(N)CC(C)C)c(C)c1. The summed E-state index contributed by atoms with van der Waals surface area (Å²) in [5, 5.41) is 2.91. The first kappa shape index (κ1) is 15.7. The van der Waals surface area contributed by atoms with Crippen molar-refractivity contribution >= 4 is 5.91 Å². The summed E-state index contributed by atoms with van der Waals surface area (Å²) in [5.74, 6) is 0.401. The molecule has 0 aliphatic heterocycles. The van der Waals surface area contributed by atoms with E-state index in [1.165, 1.54) is 16.7 Å². The Balaban J connectivity index is 2.39. The van der Waals surface area contributed by atoms with Gasteiger partial charge in [0.15, 0.2) is 0 Å². The van der Waals surface area contributed by atoms with Crippen LogP contribution in [0.2, 0.25) is 0 Å². The molecule has 3 heteroatoms. The van der Waals surface area contributed by atoms with Crippen molar-refractivity contribution in [1.82, 2.24) is 5.32 Å². The van der Waals surface area contributed by atoms with Gasteiger partial charge in [0.2, 0.25) is 5.91 Å². The lowest BCUT2D eigenvalue weighted by atomic mass is 10.0. The van der Waals surface area contributed by atoms with Gasteiger partial charge in [0.05, 0.1) is 6.04 Å². The minimum Gasteiger partial charge on any atom is -0.354 e. The summed E-state index contributed by atoms with van der Waals surface area (Å²) in [6, 6.07) is 6.01. The number of hydrogen-bond donors (Lipinski definition) is 2. The molecule has 19 heavy (non-hydrogen) atoms. The van der Waals surface area contributed by atoms with Crippen molar-refractivity contribution in [1.29, 1.82) is 0 Å². The van der Waals surface area contributed by atoms with Crippen molar-refractivity contribution < 1.29 is 4.79 Å². The van der Waals surface area contributed by atoms with Gasteiger partial charge in [0.25, 0.3) is 0 Å². The third kappa shape index (κ3) is 5.43. The van der Waals surface area contributed by atoms with Crippen molar-refractivity contribution in [2.45, 2.75) is 46.6 Å². The Hall–Kier alpha value is -1.35. The number of carbonyl (C=O) groups excluding carboxylic acids is 1. The number of nitrogens with two attached hydrogens (primary N) is 1. The summed E-state index contributed by atoms with van der Waals surface area (Å²) >= 11 is 0. The van der Waals surface area contributed by atoms with Crippen LogP contribution in [0.4, 0.5) is 0 Å². The largest absolute Gasteiger partial charge is 0.354 e. The van der Waals surface area contributed by atoms with Gasteiger partial charge in [-0.2, -0.15) is 0 Å². The highest BCUT2D eigenvalue weighted by molar-refractivity contribution is 5.81. The monoisotopic (exact) mass is 262 g/mol. The van der Waals surface area contributed by atoms with Gasteiger partial charge in [-0.25, -0.2) is 0 Å². The molecule has 0 bridgehead atoms. The third-order valence-corrected chi connectivity index (χ3v) is 3.25. The first-order valence-electron chi connectivity index (χ1n) is 6.99. The van der Waals surface area contributed by atoms with Crippen LogP contribution in [0.1, 0.15) is 37.0 Å². The van der Waals surface area contributed by atoms with Gasteiger partial charge in [0.1, 0.15) is 0 Å². The molecular formula is C16H26N2O. The summed E-state index contributed by atoms with van der Waals surface area (Å²) in [6.07, 6.45) is 1.58. The molecule has 1 unspecified atom stereocenters. The molecule has 3 N–H and O–H groups in total. The molecule has 0 heterocycles. The minimum atomic E-state index is -0.390. The van der Waals surface area contributed by atoms with Gasteiger partial charge in [-0.3, -0.25) is 4.79 Å². The van der Waals surface area contributed by atoms with Gasteiger partial charge in [-0.15, -0.1) is 0 Å². The van der Waals surface area contributed by atoms with E-state index in [9.17, 15) is 4.79 Å². The standard InChI is InChI=1S/C16H26N2O/c1-11(2)9-15(17)16(19)18-8-7-14-6-5-12(3)10-13(14)4/h5-6,10-11,15H,7-9,17H2,1-4H3,(H,18,19). The molecule has 0 saturated carbocycles. The fourth-order valence-electron chi connectivity index (χ4n) is 2.19. The van der Waals surface area contributed by atoms with Gasteiger partial charge in [-0.1, -0.05) is 37.6 Å². The zero-order chi connectivity index (χ0) is 14.4. The predicted molar refractivity (Wildman–Crippen MR) is 80.1 cm³/mol. The minimum absolute atomic E-state index is 0.0431. The molecule has 1 aromatic carbocycles. The Labute approximate surface area is 116 Å². The normalized spacial score (nSPS) is 12.5. The molecule has 0 aromatic heterocycles. The average Bonchev–Trinajstić information content (AvgIpc) is 2.30. The van der Waals surface area contributed by atoms with Crippen molar-refractivity contribution in [2.24, 2.45) is 11.7 Å². The molecule has 1 rings (SSSR count). The zero-order valence-electron chi connectivity index (χ0n) is 12.5. The summed E-state index contributed by atoms with van der Waals surface area (Å²) in [7, 11) is 0. The molecule has 0 spiro atoms. The molecule has 106 valence electrons. The van der Waals surface area contributed by atoms with E-state index in [0.717, 1.165) is 12.8 Å². The van der Waals surface area contributed by atoms with Gasteiger partial charge < -0.3 is 11.1 Å². The number of hydrogen-bond acceptors (Lipinski definition) is 2.